The number of aliphatic hydroxyl groups is 1. The van der Waals surface area contributed by atoms with E-state index in [0.717, 1.165) is 8.04 Å². The molecule has 3 nitrogen and oxygen atoms in total. The first-order valence-corrected chi connectivity index (χ1v) is 7.21. The Morgan fingerprint density at radius 3 is 2.76 bits per heavy atom. The minimum Gasteiger partial charge on any atom is -0.393 e. The SMILES string of the molecule is CC(O)CC(C)NC(=O)c1cc(Br)ccc1I. The van der Waals surface area contributed by atoms with E-state index in [9.17, 15) is 9.90 Å². The molecule has 1 aromatic carbocycles. The average molecular weight is 412 g/mol. The number of hydrogen-bond donors (Lipinski definition) is 2. The highest BCUT2D eigenvalue weighted by Gasteiger charge is 2.14. The molecule has 0 aliphatic heterocycles. The van der Waals surface area contributed by atoms with Gasteiger partial charge in [0.25, 0.3) is 5.91 Å². The quantitative estimate of drug-likeness (QED) is 0.748. The number of carbonyl (C=O) groups excluding carboxylic acids is 1. The molecule has 94 valence electrons. The number of hydrogen-bond acceptors (Lipinski definition) is 2. The zero-order valence-electron chi connectivity index (χ0n) is 9.71. The number of aliphatic hydroxyl groups excluding tert-OH is 1. The summed E-state index contributed by atoms with van der Waals surface area (Å²) in [6.07, 6.45) is 0.142. The third-order valence-corrected chi connectivity index (χ3v) is 3.68. The second kappa shape index (κ2) is 6.70. The van der Waals surface area contributed by atoms with Gasteiger partial charge in [-0.2, -0.15) is 0 Å². The normalized spacial score (nSPS) is 14.2. The first-order valence-electron chi connectivity index (χ1n) is 5.34. The van der Waals surface area contributed by atoms with Crippen LogP contribution < -0.4 is 5.32 Å². The van der Waals surface area contributed by atoms with Crippen molar-refractivity contribution in [1.29, 1.82) is 0 Å². The molecule has 5 heteroatoms. The van der Waals surface area contributed by atoms with Crippen molar-refractivity contribution >= 4 is 44.4 Å². The molecule has 0 saturated carbocycles. The molecule has 2 N–H and O–H groups in total. The summed E-state index contributed by atoms with van der Waals surface area (Å²) in [5.41, 5.74) is 0.650. The molecule has 1 rings (SSSR count). The fraction of sp³-hybridized carbons (Fsp3) is 0.417. The fourth-order valence-electron chi connectivity index (χ4n) is 1.54. The molecule has 17 heavy (non-hydrogen) atoms. The van der Waals surface area contributed by atoms with Crippen LogP contribution in [-0.4, -0.2) is 23.2 Å². The smallest absolute Gasteiger partial charge is 0.252 e. The number of nitrogens with one attached hydrogen (secondary N) is 1. The van der Waals surface area contributed by atoms with E-state index in [-0.39, 0.29) is 11.9 Å². The van der Waals surface area contributed by atoms with Crippen molar-refractivity contribution in [2.75, 3.05) is 0 Å². The molecular formula is C12H15BrINO2. The molecule has 0 aliphatic carbocycles. The lowest BCUT2D eigenvalue weighted by molar-refractivity contribution is 0.0922. The van der Waals surface area contributed by atoms with Gasteiger partial charge in [-0.15, -0.1) is 0 Å². The minimum absolute atomic E-state index is 0.0442. The van der Waals surface area contributed by atoms with Gasteiger partial charge in [0.15, 0.2) is 0 Å². The summed E-state index contributed by atoms with van der Waals surface area (Å²) >= 11 is 5.48. The fourth-order valence-corrected chi connectivity index (χ4v) is 2.49. The number of carbonyl (C=O) groups is 1. The monoisotopic (exact) mass is 411 g/mol. The van der Waals surface area contributed by atoms with Crippen LogP contribution in [0.15, 0.2) is 22.7 Å². The Morgan fingerprint density at radius 1 is 1.53 bits per heavy atom. The average Bonchev–Trinajstić information content (AvgIpc) is 2.20. The zero-order chi connectivity index (χ0) is 13.0. The van der Waals surface area contributed by atoms with Gasteiger partial charge in [-0.1, -0.05) is 15.9 Å². The van der Waals surface area contributed by atoms with Crippen LogP contribution in [0.1, 0.15) is 30.6 Å². The topological polar surface area (TPSA) is 49.3 Å². The second-order valence-electron chi connectivity index (χ2n) is 4.08. The Labute approximate surface area is 123 Å². The molecule has 2 unspecified atom stereocenters. The predicted molar refractivity (Wildman–Crippen MR) is 80.1 cm³/mol. The van der Waals surface area contributed by atoms with Crippen molar-refractivity contribution in [2.24, 2.45) is 0 Å². The predicted octanol–water partition coefficient (Wildman–Crippen LogP) is 2.94. The third-order valence-electron chi connectivity index (χ3n) is 2.25. The number of halogens is 2. The molecule has 1 aromatic rings. The van der Waals surface area contributed by atoms with Gasteiger partial charge in [-0.3, -0.25) is 4.79 Å². The van der Waals surface area contributed by atoms with Gasteiger partial charge in [-0.25, -0.2) is 0 Å². The molecule has 0 aromatic heterocycles. The number of amides is 1. The molecule has 0 heterocycles. The summed E-state index contributed by atoms with van der Waals surface area (Å²) in [5.74, 6) is -0.108. The van der Waals surface area contributed by atoms with Gasteiger partial charge in [0, 0.05) is 14.1 Å². The van der Waals surface area contributed by atoms with E-state index in [1.54, 1.807) is 13.0 Å². The Bertz CT molecular complexity index is 409. The van der Waals surface area contributed by atoms with Crippen LogP contribution >= 0.6 is 38.5 Å². The second-order valence-corrected chi connectivity index (χ2v) is 6.16. The Balaban J connectivity index is 2.73. The Morgan fingerprint density at radius 2 is 2.18 bits per heavy atom. The molecule has 0 fully saturated rings. The highest BCUT2D eigenvalue weighted by Crippen LogP contribution is 2.18. The van der Waals surface area contributed by atoms with Crippen LogP contribution in [0, 0.1) is 3.57 Å². The van der Waals surface area contributed by atoms with E-state index in [0.29, 0.717) is 12.0 Å². The first kappa shape index (κ1) is 14.9. The van der Waals surface area contributed by atoms with Crippen molar-refractivity contribution in [3.63, 3.8) is 0 Å². The summed E-state index contributed by atoms with van der Waals surface area (Å²) < 4.78 is 1.79. The lowest BCUT2D eigenvalue weighted by Gasteiger charge is -2.16. The molecule has 0 radical (unpaired) electrons. The van der Waals surface area contributed by atoms with E-state index in [4.69, 9.17) is 0 Å². The third kappa shape index (κ3) is 4.93. The van der Waals surface area contributed by atoms with Gasteiger partial charge in [-0.05, 0) is 61.1 Å². The maximum atomic E-state index is 12.0. The van der Waals surface area contributed by atoms with Crippen LogP contribution in [0.4, 0.5) is 0 Å². The van der Waals surface area contributed by atoms with E-state index in [1.807, 2.05) is 19.1 Å². The molecule has 0 saturated heterocycles. The molecule has 1 amide bonds. The molecular weight excluding hydrogens is 397 g/mol. The molecule has 0 aliphatic rings. The van der Waals surface area contributed by atoms with Crippen molar-refractivity contribution in [1.82, 2.24) is 5.32 Å². The highest BCUT2D eigenvalue weighted by atomic mass is 127. The maximum absolute atomic E-state index is 12.0. The minimum atomic E-state index is -0.410. The summed E-state index contributed by atoms with van der Waals surface area (Å²) in [5, 5.41) is 12.1. The molecule has 2 atom stereocenters. The lowest BCUT2D eigenvalue weighted by Crippen LogP contribution is -2.35. The van der Waals surface area contributed by atoms with E-state index >= 15 is 0 Å². The zero-order valence-corrected chi connectivity index (χ0v) is 13.4. The summed E-state index contributed by atoms with van der Waals surface area (Å²) in [4.78, 5) is 12.0. The van der Waals surface area contributed by atoms with Crippen LogP contribution in [0.5, 0.6) is 0 Å². The standard InChI is InChI=1S/C12H15BrINO2/c1-7(5-8(2)16)15-12(17)10-6-9(13)3-4-11(10)14/h3-4,6-8,16H,5H2,1-2H3,(H,15,17). The van der Waals surface area contributed by atoms with Crippen LogP contribution in [0.3, 0.4) is 0 Å². The number of rotatable bonds is 4. The Kier molecular flexibility index (Phi) is 5.88. The molecule has 0 spiro atoms. The molecule has 0 bridgehead atoms. The Hall–Kier alpha value is -0.140. The summed E-state index contributed by atoms with van der Waals surface area (Å²) in [6, 6.07) is 5.54. The van der Waals surface area contributed by atoms with Crippen molar-refractivity contribution in [2.45, 2.75) is 32.4 Å². The van der Waals surface area contributed by atoms with E-state index < -0.39 is 6.10 Å². The largest absolute Gasteiger partial charge is 0.393 e. The first-order chi connectivity index (χ1) is 7.90. The van der Waals surface area contributed by atoms with E-state index in [2.05, 4.69) is 43.8 Å². The van der Waals surface area contributed by atoms with Crippen molar-refractivity contribution < 1.29 is 9.90 Å². The van der Waals surface area contributed by atoms with Gasteiger partial charge >= 0.3 is 0 Å². The van der Waals surface area contributed by atoms with Crippen molar-refractivity contribution in [3.05, 3.63) is 31.8 Å². The summed E-state index contributed by atoms with van der Waals surface area (Å²) in [6.45, 7) is 3.60. The lowest BCUT2D eigenvalue weighted by atomic mass is 10.1. The maximum Gasteiger partial charge on any atom is 0.252 e. The summed E-state index contributed by atoms with van der Waals surface area (Å²) in [7, 11) is 0. The van der Waals surface area contributed by atoms with Crippen LogP contribution in [0.2, 0.25) is 0 Å². The number of benzene rings is 1. The van der Waals surface area contributed by atoms with Gasteiger partial charge in [0.2, 0.25) is 0 Å². The van der Waals surface area contributed by atoms with Gasteiger partial charge in [0.1, 0.15) is 0 Å². The van der Waals surface area contributed by atoms with Crippen molar-refractivity contribution in [3.8, 4) is 0 Å². The highest BCUT2D eigenvalue weighted by molar-refractivity contribution is 14.1. The van der Waals surface area contributed by atoms with Crippen LogP contribution in [-0.2, 0) is 0 Å². The van der Waals surface area contributed by atoms with Gasteiger partial charge < -0.3 is 10.4 Å². The van der Waals surface area contributed by atoms with E-state index in [1.165, 1.54) is 0 Å². The van der Waals surface area contributed by atoms with Gasteiger partial charge in [0.05, 0.1) is 11.7 Å². The van der Waals surface area contributed by atoms with Crippen LogP contribution in [0.25, 0.3) is 0 Å².